The number of halogens is 3. The highest BCUT2D eigenvalue weighted by atomic mass is 35.5. The molecule has 0 radical (unpaired) electrons. The van der Waals surface area contributed by atoms with Gasteiger partial charge in [0.2, 0.25) is 0 Å². The van der Waals surface area contributed by atoms with E-state index in [0.29, 0.717) is 5.69 Å². The van der Waals surface area contributed by atoms with Gasteiger partial charge in [-0.1, -0.05) is 34.8 Å². The molecule has 0 spiro atoms. The molecule has 1 N–H and O–H groups in total. The number of non-ortho nitro benzene ring substituents is 1. The van der Waals surface area contributed by atoms with E-state index in [0.717, 1.165) is 6.07 Å². The summed E-state index contributed by atoms with van der Waals surface area (Å²) in [6.07, 6.45) is 0. The minimum absolute atomic E-state index is 0.0304. The maximum atomic E-state index is 12.5. The van der Waals surface area contributed by atoms with Crippen molar-refractivity contribution in [1.82, 2.24) is 0 Å². The predicted octanol–water partition coefficient (Wildman–Crippen LogP) is 6.21. The zero-order valence-electron chi connectivity index (χ0n) is 13.6. The zero-order chi connectivity index (χ0) is 20.5. The van der Waals surface area contributed by atoms with Crippen molar-refractivity contribution in [3.63, 3.8) is 0 Å². The topological polar surface area (TPSA) is 98.5 Å². The molecular formula is C16H9Cl3N2O5S2. The first kappa shape index (κ1) is 20.7. The molecule has 0 bridgehead atoms. The average Bonchev–Trinajstić information content (AvgIpc) is 3.11. The third kappa shape index (κ3) is 4.50. The quantitative estimate of drug-likeness (QED) is 0.335. The molecule has 1 aromatic heterocycles. The number of anilines is 1. The van der Waals surface area contributed by atoms with Crippen molar-refractivity contribution in [2.45, 2.75) is 4.90 Å². The number of hydrogen-bond donors (Lipinski definition) is 1. The highest BCUT2D eigenvalue weighted by Crippen LogP contribution is 2.41. The maximum Gasteiger partial charge on any atom is 0.271 e. The standard InChI is InChI=1S/C16H9Cl3N2O5S2/c17-12-5-10(21(22)23)1-2-15(12)26-16-13(18)6-11(7-14(16)19)28(24,25)20-9-3-4-27-8-9/h1-8,20H. The second-order valence-corrected chi connectivity index (χ2v) is 8.99. The smallest absolute Gasteiger partial charge is 0.271 e. The van der Waals surface area contributed by atoms with Crippen LogP contribution in [0.3, 0.4) is 0 Å². The summed E-state index contributed by atoms with van der Waals surface area (Å²) >= 11 is 19.6. The molecule has 7 nitrogen and oxygen atoms in total. The van der Waals surface area contributed by atoms with Crippen molar-refractivity contribution in [3.8, 4) is 11.5 Å². The SMILES string of the molecule is O=[N+]([O-])c1ccc(Oc2c(Cl)cc(S(=O)(=O)Nc3ccsc3)cc2Cl)c(Cl)c1. The first-order valence-electron chi connectivity index (χ1n) is 7.33. The lowest BCUT2D eigenvalue weighted by Gasteiger charge is -2.13. The van der Waals surface area contributed by atoms with E-state index < -0.39 is 14.9 Å². The monoisotopic (exact) mass is 478 g/mol. The van der Waals surface area contributed by atoms with E-state index in [1.165, 1.54) is 35.6 Å². The van der Waals surface area contributed by atoms with E-state index in [1.54, 1.807) is 16.8 Å². The lowest BCUT2D eigenvalue weighted by Crippen LogP contribution is -2.12. The van der Waals surface area contributed by atoms with Crippen LogP contribution in [0.4, 0.5) is 11.4 Å². The zero-order valence-corrected chi connectivity index (χ0v) is 17.5. The number of nitrogens with zero attached hydrogens (tertiary/aromatic N) is 1. The normalized spacial score (nSPS) is 11.2. The van der Waals surface area contributed by atoms with Crippen LogP contribution in [0.1, 0.15) is 0 Å². The summed E-state index contributed by atoms with van der Waals surface area (Å²) < 4.78 is 32.9. The van der Waals surface area contributed by atoms with E-state index in [4.69, 9.17) is 39.5 Å². The van der Waals surface area contributed by atoms with Gasteiger partial charge < -0.3 is 4.74 Å². The molecule has 0 aliphatic rings. The highest BCUT2D eigenvalue weighted by Gasteiger charge is 2.21. The summed E-state index contributed by atoms with van der Waals surface area (Å²) in [5.74, 6) is 0.0386. The Labute approximate surface area is 178 Å². The summed E-state index contributed by atoms with van der Waals surface area (Å²) in [7, 11) is -3.91. The van der Waals surface area contributed by atoms with E-state index >= 15 is 0 Å². The molecule has 0 unspecified atom stereocenters. The first-order chi connectivity index (χ1) is 13.2. The molecular weight excluding hydrogens is 471 g/mol. The van der Waals surface area contributed by atoms with Gasteiger partial charge in [-0.15, -0.1) is 0 Å². The van der Waals surface area contributed by atoms with Crippen LogP contribution < -0.4 is 9.46 Å². The van der Waals surface area contributed by atoms with Crippen LogP contribution in [-0.2, 0) is 10.0 Å². The van der Waals surface area contributed by atoms with E-state index in [2.05, 4.69) is 4.72 Å². The Hall–Kier alpha value is -2.04. The van der Waals surface area contributed by atoms with Gasteiger partial charge >= 0.3 is 0 Å². The number of nitro groups is 1. The fourth-order valence-corrected chi connectivity index (χ4v) is 4.79. The molecule has 0 amide bonds. The predicted molar refractivity (Wildman–Crippen MR) is 110 cm³/mol. The van der Waals surface area contributed by atoms with E-state index in [1.807, 2.05) is 0 Å². The van der Waals surface area contributed by atoms with Crippen LogP contribution in [0.25, 0.3) is 0 Å². The van der Waals surface area contributed by atoms with E-state index in [-0.39, 0.29) is 37.1 Å². The fraction of sp³-hybridized carbons (Fsp3) is 0. The average molecular weight is 480 g/mol. The summed E-state index contributed by atoms with van der Waals surface area (Å²) in [4.78, 5) is 10.0. The number of thiophene rings is 1. The minimum Gasteiger partial charge on any atom is -0.453 e. The molecule has 0 saturated carbocycles. The van der Waals surface area contributed by atoms with Gasteiger partial charge in [-0.3, -0.25) is 14.8 Å². The van der Waals surface area contributed by atoms with Gasteiger partial charge in [0.15, 0.2) is 5.75 Å². The third-order valence-corrected chi connectivity index (χ3v) is 6.29. The van der Waals surface area contributed by atoms with Crippen LogP contribution >= 0.6 is 46.1 Å². The lowest BCUT2D eigenvalue weighted by atomic mass is 10.3. The minimum atomic E-state index is -3.91. The molecule has 12 heteroatoms. The van der Waals surface area contributed by atoms with E-state index in [9.17, 15) is 18.5 Å². The molecule has 3 rings (SSSR count). The van der Waals surface area contributed by atoms with Crippen molar-refractivity contribution in [2.75, 3.05) is 4.72 Å². The fourth-order valence-electron chi connectivity index (χ4n) is 2.12. The van der Waals surface area contributed by atoms with Gasteiger partial charge in [0, 0.05) is 17.5 Å². The second-order valence-electron chi connectivity index (χ2n) is 5.31. The Morgan fingerprint density at radius 2 is 1.71 bits per heavy atom. The molecule has 0 fully saturated rings. The number of hydrogen-bond acceptors (Lipinski definition) is 6. The molecule has 0 aliphatic carbocycles. The Morgan fingerprint density at radius 3 is 2.25 bits per heavy atom. The Bertz CT molecular complexity index is 1130. The van der Waals surface area contributed by atoms with Crippen LogP contribution in [-0.4, -0.2) is 13.3 Å². The summed E-state index contributed by atoms with van der Waals surface area (Å²) in [5.41, 5.74) is 0.200. The Kier molecular flexibility index (Phi) is 6.01. The second kappa shape index (κ2) is 8.14. The number of nitro benzene ring substituents is 1. The van der Waals surface area contributed by atoms with Crippen molar-refractivity contribution >= 4 is 67.5 Å². The largest absolute Gasteiger partial charge is 0.453 e. The van der Waals surface area contributed by atoms with Gasteiger partial charge in [0.1, 0.15) is 5.75 Å². The lowest BCUT2D eigenvalue weighted by molar-refractivity contribution is -0.384. The number of sulfonamides is 1. The van der Waals surface area contributed by atoms with Gasteiger partial charge in [0.05, 0.1) is 30.6 Å². The van der Waals surface area contributed by atoms with Gasteiger partial charge in [0.25, 0.3) is 15.7 Å². The number of ether oxygens (including phenoxy) is 1. The molecule has 3 aromatic rings. The summed E-state index contributed by atoms with van der Waals surface area (Å²) in [6, 6.07) is 7.57. The molecule has 2 aromatic carbocycles. The van der Waals surface area contributed by atoms with Gasteiger partial charge in [-0.25, -0.2) is 8.42 Å². The summed E-state index contributed by atoms with van der Waals surface area (Å²) in [5, 5.41) is 14.0. The number of rotatable bonds is 6. The molecule has 1 heterocycles. The van der Waals surface area contributed by atoms with Gasteiger partial charge in [-0.05, 0) is 29.6 Å². The van der Waals surface area contributed by atoms with Gasteiger partial charge in [-0.2, -0.15) is 11.3 Å². The van der Waals surface area contributed by atoms with Crippen molar-refractivity contribution in [2.24, 2.45) is 0 Å². The number of benzene rings is 2. The van der Waals surface area contributed by atoms with Crippen LogP contribution in [0, 0.1) is 10.1 Å². The maximum absolute atomic E-state index is 12.5. The molecule has 0 atom stereocenters. The van der Waals surface area contributed by atoms with Crippen LogP contribution in [0.2, 0.25) is 15.1 Å². The van der Waals surface area contributed by atoms with Crippen LogP contribution in [0.15, 0.2) is 52.1 Å². The summed E-state index contributed by atoms with van der Waals surface area (Å²) in [6.45, 7) is 0. The number of nitrogens with one attached hydrogen (secondary N) is 1. The highest BCUT2D eigenvalue weighted by molar-refractivity contribution is 7.92. The van der Waals surface area contributed by atoms with Crippen LogP contribution in [0.5, 0.6) is 11.5 Å². The Balaban J connectivity index is 1.91. The molecule has 146 valence electrons. The first-order valence-corrected chi connectivity index (χ1v) is 10.9. The van der Waals surface area contributed by atoms with Crippen molar-refractivity contribution < 1.29 is 18.1 Å². The van der Waals surface area contributed by atoms with Crippen molar-refractivity contribution in [1.29, 1.82) is 0 Å². The molecule has 0 aliphatic heterocycles. The molecule has 0 saturated heterocycles. The van der Waals surface area contributed by atoms with Crippen molar-refractivity contribution in [3.05, 3.63) is 72.3 Å². The third-order valence-electron chi connectivity index (χ3n) is 3.39. The molecule has 28 heavy (non-hydrogen) atoms. The Morgan fingerprint density at radius 1 is 1.04 bits per heavy atom.